The van der Waals surface area contributed by atoms with E-state index in [2.05, 4.69) is 25.8 Å². The van der Waals surface area contributed by atoms with Crippen molar-refractivity contribution in [1.82, 2.24) is 30.1 Å². The number of nitrogens with zero attached hydrogens (tertiary/aromatic N) is 5. The molecule has 0 fully saturated rings. The van der Waals surface area contributed by atoms with Crippen LogP contribution in [0.5, 0.6) is 0 Å². The summed E-state index contributed by atoms with van der Waals surface area (Å²) in [5.74, 6) is 1.42. The molecule has 0 aliphatic heterocycles. The number of hydrogen-bond acceptors (Lipinski definition) is 5. The number of ether oxygens (including phenoxy) is 1. The molecule has 0 unspecified atom stereocenters. The smallest absolute Gasteiger partial charge is 0.410 e. The van der Waals surface area contributed by atoms with Crippen LogP contribution in [0.25, 0.3) is 5.65 Å². The van der Waals surface area contributed by atoms with Gasteiger partial charge < -0.3 is 20.3 Å². The van der Waals surface area contributed by atoms with Gasteiger partial charge in [0.2, 0.25) is 0 Å². The molecule has 0 saturated carbocycles. The highest BCUT2D eigenvalue weighted by molar-refractivity contribution is 5.79. The van der Waals surface area contributed by atoms with Crippen LogP contribution in [0.3, 0.4) is 0 Å². The molecule has 0 aromatic carbocycles. The molecule has 1 amide bonds. The zero-order valence-electron chi connectivity index (χ0n) is 17.4. The lowest BCUT2D eigenvalue weighted by Crippen LogP contribution is -2.44. The van der Waals surface area contributed by atoms with E-state index < -0.39 is 5.60 Å². The van der Waals surface area contributed by atoms with Crippen molar-refractivity contribution in [3.05, 3.63) is 30.2 Å². The first-order valence-electron chi connectivity index (χ1n) is 9.62. The molecule has 0 bridgehead atoms. The fourth-order valence-electron chi connectivity index (χ4n) is 2.50. The summed E-state index contributed by atoms with van der Waals surface area (Å²) in [5.41, 5.74) is 0.289. The van der Waals surface area contributed by atoms with E-state index >= 15 is 0 Å². The summed E-state index contributed by atoms with van der Waals surface area (Å²) in [7, 11) is 0. The van der Waals surface area contributed by atoms with Gasteiger partial charge in [0, 0.05) is 32.4 Å². The number of nitrogens with one attached hydrogen (secondary N) is 2. The molecule has 154 valence electrons. The standard InChI is InChI=1S/C19H31N7O2/c1-6-20-17(21-11-13-25(7-2)18(27)28-19(3,4)5)22-14-16-24-23-15-10-8-9-12-26(15)16/h8-10,12H,6-7,11,13-14H2,1-5H3,(H2,20,21,22). The second-order valence-corrected chi connectivity index (χ2v) is 7.23. The number of guanidine groups is 1. The Morgan fingerprint density at radius 3 is 2.71 bits per heavy atom. The number of aliphatic imine (C=N–C) groups is 1. The third-order valence-electron chi connectivity index (χ3n) is 3.81. The molecule has 2 aromatic rings. The molecular formula is C19H31N7O2. The van der Waals surface area contributed by atoms with Crippen molar-refractivity contribution in [2.75, 3.05) is 26.2 Å². The molecule has 9 heteroatoms. The van der Waals surface area contributed by atoms with Crippen molar-refractivity contribution in [2.45, 2.75) is 46.8 Å². The van der Waals surface area contributed by atoms with Crippen LogP contribution in [-0.2, 0) is 11.3 Å². The largest absolute Gasteiger partial charge is 0.444 e. The molecule has 2 aromatic heterocycles. The summed E-state index contributed by atoms with van der Waals surface area (Å²) in [6, 6.07) is 5.76. The Morgan fingerprint density at radius 1 is 1.25 bits per heavy atom. The number of likely N-dealkylation sites (N-methyl/N-ethyl adjacent to an activating group) is 1. The number of carbonyl (C=O) groups excluding carboxylic acids is 1. The molecule has 9 nitrogen and oxygen atoms in total. The number of aromatic nitrogens is 3. The Hall–Kier alpha value is -2.84. The van der Waals surface area contributed by atoms with E-state index in [-0.39, 0.29) is 6.09 Å². The SMILES string of the molecule is CCNC(=NCc1nnc2ccccn12)NCCN(CC)C(=O)OC(C)(C)C. The van der Waals surface area contributed by atoms with Crippen LogP contribution in [0.1, 0.15) is 40.4 Å². The maximum absolute atomic E-state index is 12.2. The minimum Gasteiger partial charge on any atom is -0.444 e. The average Bonchev–Trinajstić information content (AvgIpc) is 3.05. The van der Waals surface area contributed by atoms with Gasteiger partial charge >= 0.3 is 6.09 Å². The third kappa shape index (κ3) is 6.40. The quantitative estimate of drug-likeness (QED) is 0.556. The summed E-state index contributed by atoms with van der Waals surface area (Å²) in [5, 5.41) is 14.8. The Labute approximate surface area is 166 Å². The average molecular weight is 390 g/mol. The highest BCUT2D eigenvalue weighted by Crippen LogP contribution is 2.09. The second kappa shape index (κ2) is 9.91. The Morgan fingerprint density at radius 2 is 2.04 bits per heavy atom. The normalized spacial score (nSPS) is 12.1. The Kier molecular flexibility index (Phi) is 7.60. The summed E-state index contributed by atoms with van der Waals surface area (Å²) in [4.78, 5) is 18.4. The predicted octanol–water partition coefficient (Wildman–Crippen LogP) is 2.04. The topological polar surface area (TPSA) is 96.1 Å². The fourth-order valence-corrected chi connectivity index (χ4v) is 2.50. The number of rotatable bonds is 7. The van der Waals surface area contributed by atoms with E-state index in [1.807, 2.05) is 63.4 Å². The summed E-state index contributed by atoms with van der Waals surface area (Å²) < 4.78 is 7.34. The van der Waals surface area contributed by atoms with E-state index in [4.69, 9.17) is 4.74 Å². The van der Waals surface area contributed by atoms with Crippen molar-refractivity contribution < 1.29 is 9.53 Å². The van der Waals surface area contributed by atoms with Crippen LogP contribution < -0.4 is 10.6 Å². The van der Waals surface area contributed by atoms with Crippen LogP contribution in [0.15, 0.2) is 29.4 Å². The van der Waals surface area contributed by atoms with Gasteiger partial charge in [0.05, 0.1) is 0 Å². The monoisotopic (exact) mass is 389 g/mol. The summed E-state index contributed by atoms with van der Waals surface area (Å²) in [6.45, 7) is 12.3. The van der Waals surface area contributed by atoms with Crippen molar-refractivity contribution in [2.24, 2.45) is 4.99 Å². The maximum Gasteiger partial charge on any atom is 0.410 e. The molecular weight excluding hydrogens is 358 g/mol. The van der Waals surface area contributed by atoms with Gasteiger partial charge in [-0.2, -0.15) is 0 Å². The molecule has 28 heavy (non-hydrogen) atoms. The zero-order valence-corrected chi connectivity index (χ0v) is 17.4. The molecule has 2 N–H and O–H groups in total. The van der Waals surface area contributed by atoms with Gasteiger partial charge in [-0.05, 0) is 46.8 Å². The number of amides is 1. The third-order valence-corrected chi connectivity index (χ3v) is 3.81. The van der Waals surface area contributed by atoms with E-state index in [1.54, 1.807) is 4.90 Å². The number of pyridine rings is 1. The summed E-state index contributed by atoms with van der Waals surface area (Å²) >= 11 is 0. The van der Waals surface area contributed by atoms with Crippen LogP contribution in [0.4, 0.5) is 4.79 Å². The molecule has 2 rings (SSSR count). The lowest BCUT2D eigenvalue weighted by atomic mass is 10.2. The van der Waals surface area contributed by atoms with Gasteiger partial charge in [-0.3, -0.25) is 4.40 Å². The number of fused-ring (bicyclic) bond motifs is 1. The molecule has 0 aliphatic carbocycles. The molecule has 0 radical (unpaired) electrons. The fraction of sp³-hybridized carbons (Fsp3) is 0.579. The lowest BCUT2D eigenvalue weighted by molar-refractivity contribution is 0.0264. The molecule has 0 atom stereocenters. The molecule has 0 spiro atoms. The zero-order chi connectivity index (χ0) is 20.6. The van der Waals surface area contributed by atoms with Gasteiger partial charge in [0.1, 0.15) is 12.1 Å². The highest BCUT2D eigenvalue weighted by atomic mass is 16.6. The van der Waals surface area contributed by atoms with Crippen molar-refractivity contribution in [3.8, 4) is 0 Å². The van der Waals surface area contributed by atoms with E-state index in [1.165, 1.54) is 0 Å². The van der Waals surface area contributed by atoms with Crippen molar-refractivity contribution in [3.63, 3.8) is 0 Å². The Bertz CT molecular complexity index is 795. The minimum atomic E-state index is -0.505. The number of carbonyl (C=O) groups is 1. The first-order valence-corrected chi connectivity index (χ1v) is 9.62. The maximum atomic E-state index is 12.2. The number of hydrogen-bond donors (Lipinski definition) is 2. The van der Waals surface area contributed by atoms with Gasteiger partial charge in [0.15, 0.2) is 17.4 Å². The van der Waals surface area contributed by atoms with Gasteiger partial charge in [0.25, 0.3) is 0 Å². The molecule has 0 aliphatic rings. The van der Waals surface area contributed by atoms with Crippen molar-refractivity contribution in [1.29, 1.82) is 0 Å². The first kappa shape index (κ1) is 21.5. The summed E-state index contributed by atoms with van der Waals surface area (Å²) in [6.07, 6.45) is 1.61. The molecule has 2 heterocycles. The van der Waals surface area contributed by atoms with Crippen LogP contribution in [0.2, 0.25) is 0 Å². The molecule has 0 saturated heterocycles. The van der Waals surface area contributed by atoms with Crippen LogP contribution >= 0.6 is 0 Å². The van der Waals surface area contributed by atoms with E-state index in [9.17, 15) is 4.79 Å². The lowest BCUT2D eigenvalue weighted by Gasteiger charge is -2.26. The van der Waals surface area contributed by atoms with Crippen LogP contribution in [-0.4, -0.2) is 63.3 Å². The van der Waals surface area contributed by atoms with E-state index in [0.717, 1.165) is 18.0 Å². The van der Waals surface area contributed by atoms with Gasteiger partial charge in [-0.15, -0.1) is 10.2 Å². The van der Waals surface area contributed by atoms with Crippen molar-refractivity contribution >= 4 is 17.7 Å². The first-order chi connectivity index (χ1) is 13.3. The second-order valence-electron chi connectivity index (χ2n) is 7.23. The predicted molar refractivity (Wildman–Crippen MR) is 109 cm³/mol. The minimum absolute atomic E-state index is 0.311. The van der Waals surface area contributed by atoms with Gasteiger partial charge in [-0.25, -0.2) is 9.79 Å². The van der Waals surface area contributed by atoms with Gasteiger partial charge in [-0.1, -0.05) is 6.07 Å². The van der Waals surface area contributed by atoms with E-state index in [0.29, 0.717) is 32.1 Å². The Balaban J connectivity index is 1.93. The van der Waals surface area contributed by atoms with Crippen LogP contribution in [0, 0.1) is 0 Å². The highest BCUT2D eigenvalue weighted by Gasteiger charge is 2.20.